The van der Waals surface area contributed by atoms with Crippen LogP contribution in [0.4, 0.5) is 8.78 Å². The number of nitrogens with one attached hydrogen (secondary N) is 1. The second-order valence-corrected chi connectivity index (χ2v) is 4.93. The first-order valence-corrected chi connectivity index (χ1v) is 6.37. The summed E-state index contributed by atoms with van der Waals surface area (Å²) in [7, 11) is 0. The summed E-state index contributed by atoms with van der Waals surface area (Å²) in [4.78, 5) is 24.5. The molecular weight excluding hydrogens is 302 g/mol. The third kappa shape index (κ3) is 2.45. The van der Waals surface area contributed by atoms with E-state index >= 15 is 4.39 Å². The lowest BCUT2D eigenvalue weighted by Crippen LogP contribution is -2.46. The molecule has 3 N–H and O–H groups in total. The van der Waals surface area contributed by atoms with Gasteiger partial charge in [0.15, 0.2) is 6.23 Å². The van der Waals surface area contributed by atoms with Gasteiger partial charge in [-0.25, -0.2) is 9.18 Å². The van der Waals surface area contributed by atoms with Crippen molar-refractivity contribution in [3.63, 3.8) is 0 Å². The molecule has 9 heteroatoms. The number of hydrogen-bond acceptors (Lipinski definition) is 5. The van der Waals surface area contributed by atoms with Crippen molar-refractivity contribution in [3.8, 4) is 11.8 Å². The van der Waals surface area contributed by atoms with Crippen molar-refractivity contribution in [1.82, 2.24) is 9.55 Å². The Bertz CT molecular complexity index is 747. The van der Waals surface area contributed by atoms with E-state index in [9.17, 15) is 24.2 Å². The van der Waals surface area contributed by atoms with Crippen molar-refractivity contribution >= 4 is 0 Å². The smallest absolute Gasteiger partial charge is 0.330 e. The first-order valence-electron chi connectivity index (χ1n) is 6.37. The molecule has 0 amide bonds. The second kappa shape index (κ2) is 5.64. The minimum atomic E-state index is -2.76. The molecule has 5 atom stereocenters. The Morgan fingerprint density at radius 2 is 2.18 bits per heavy atom. The van der Waals surface area contributed by atoms with E-state index < -0.39 is 47.3 Å². The summed E-state index contributed by atoms with van der Waals surface area (Å²) in [6.07, 6.45) is -5.87. The normalized spacial score (nSPS) is 32.4. The fourth-order valence-corrected chi connectivity index (χ4v) is 2.32. The molecule has 1 aliphatic rings. The third-order valence-electron chi connectivity index (χ3n) is 3.36. The van der Waals surface area contributed by atoms with Crippen molar-refractivity contribution < 1.29 is 23.7 Å². The van der Waals surface area contributed by atoms with Crippen molar-refractivity contribution in [2.45, 2.75) is 44.1 Å². The van der Waals surface area contributed by atoms with Gasteiger partial charge >= 0.3 is 5.69 Å². The molecular formula is C13H14F2N2O5. The van der Waals surface area contributed by atoms with E-state index in [0.717, 1.165) is 0 Å². The number of alkyl halides is 1. The predicted molar refractivity (Wildman–Crippen MR) is 70.2 cm³/mol. The van der Waals surface area contributed by atoms with Gasteiger partial charge in [-0.2, -0.15) is 4.39 Å². The number of nitrogens with zero attached hydrogens (tertiary/aromatic N) is 1. The highest BCUT2D eigenvalue weighted by molar-refractivity contribution is 5.23. The van der Waals surface area contributed by atoms with Crippen LogP contribution in [0.2, 0.25) is 0 Å². The summed E-state index contributed by atoms with van der Waals surface area (Å²) in [6, 6.07) is 0. The van der Waals surface area contributed by atoms with E-state index in [1.54, 1.807) is 4.98 Å². The highest BCUT2D eigenvalue weighted by Gasteiger charge is 2.59. The van der Waals surface area contributed by atoms with Gasteiger partial charge in [-0.1, -0.05) is 5.92 Å². The Kier molecular flexibility index (Phi) is 4.19. The molecule has 1 unspecified atom stereocenters. The van der Waals surface area contributed by atoms with Crippen molar-refractivity contribution in [2.24, 2.45) is 0 Å². The van der Waals surface area contributed by atoms with Gasteiger partial charge in [0.2, 0.25) is 11.5 Å². The van der Waals surface area contributed by atoms with Crippen LogP contribution in [-0.2, 0) is 4.74 Å². The molecule has 0 bridgehead atoms. The van der Waals surface area contributed by atoms with Crippen molar-refractivity contribution in [1.29, 1.82) is 0 Å². The highest BCUT2D eigenvalue weighted by atomic mass is 19.1. The lowest BCUT2D eigenvalue weighted by atomic mass is 9.94. The van der Waals surface area contributed by atoms with Gasteiger partial charge in [0.1, 0.15) is 12.2 Å². The van der Waals surface area contributed by atoms with E-state index in [1.807, 2.05) is 0 Å². The molecule has 22 heavy (non-hydrogen) atoms. The summed E-state index contributed by atoms with van der Waals surface area (Å²) >= 11 is 0. The topological polar surface area (TPSA) is 105 Å². The summed E-state index contributed by atoms with van der Waals surface area (Å²) in [5.41, 5.74) is -5.15. The maximum absolute atomic E-state index is 15.0. The molecule has 2 heterocycles. The molecule has 0 radical (unpaired) electrons. The molecule has 2 rings (SSSR count). The molecule has 0 aliphatic carbocycles. The number of ether oxygens (including phenoxy) is 1. The van der Waals surface area contributed by atoms with Crippen LogP contribution in [0.3, 0.4) is 0 Å². The predicted octanol–water partition coefficient (Wildman–Crippen LogP) is -0.954. The zero-order valence-electron chi connectivity index (χ0n) is 11.7. The summed E-state index contributed by atoms with van der Waals surface area (Å²) in [6.45, 7) is 2.56. The van der Waals surface area contributed by atoms with Gasteiger partial charge < -0.3 is 14.9 Å². The Hall–Kier alpha value is -2.02. The number of aromatic amines is 1. The summed E-state index contributed by atoms with van der Waals surface area (Å²) in [5.74, 6) is 3.02. The Labute approximate surface area is 123 Å². The fourth-order valence-electron chi connectivity index (χ4n) is 2.32. The Morgan fingerprint density at radius 3 is 2.73 bits per heavy atom. The van der Waals surface area contributed by atoms with Gasteiger partial charge in [0, 0.05) is 0 Å². The van der Waals surface area contributed by atoms with Gasteiger partial charge in [0.05, 0.1) is 12.3 Å². The van der Waals surface area contributed by atoms with E-state index in [1.165, 1.54) is 13.8 Å². The zero-order valence-corrected chi connectivity index (χ0v) is 11.7. The van der Waals surface area contributed by atoms with Crippen LogP contribution in [0, 0.1) is 17.7 Å². The molecule has 1 saturated heterocycles. The van der Waals surface area contributed by atoms with Crippen LogP contribution >= 0.6 is 0 Å². The van der Waals surface area contributed by atoms with Crippen molar-refractivity contribution in [3.05, 3.63) is 32.9 Å². The third-order valence-corrected chi connectivity index (χ3v) is 3.36. The van der Waals surface area contributed by atoms with Crippen LogP contribution in [0.1, 0.15) is 20.1 Å². The van der Waals surface area contributed by atoms with Gasteiger partial charge in [0.25, 0.3) is 5.56 Å². The maximum Gasteiger partial charge on any atom is 0.330 e. The largest absolute Gasteiger partial charge is 0.391 e. The Morgan fingerprint density at radius 1 is 1.55 bits per heavy atom. The van der Waals surface area contributed by atoms with Crippen molar-refractivity contribution in [2.75, 3.05) is 0 Å². The SMILES string of the molecule is CC#CC1(F)[C@@H](O)[C@@H]([C@@H](C)O)O[C@H]1n1cc(F)c(=O)[nH]c1=O. The van der Waals surface area contributed by atoms with Crippen LogP contribution in [0.5, 0.6) is 0 Å². The van der Waals surface area contributed by atoms with Gasteiger partial charge in [-0.3, -0.25) is 14.3 Å². The van der Waals surface area contributed by atoms with Gasteiger partial charge in [-0.15, -0.1) is 5.92 Å². The molecule has 1 fully saturated rings. The van der Waals surface area contributed by atoms with E-state index in [-0.39, 0.29) is 0 Å². The number of H-pyrrole nitrogens is 1. The summed E-state index contributed by atoms with van der Waals surface area (Å²) < 4.78 is 34.0. The van der Waals surface area contributed by atoms with E-state index in [0.29, 0.717) is 10.8 Å². The average molecular weight is 316 g/mol. The number of halogens is 2. The minimum Gasteiger partial charge on any atom is -0.391 e. The van der Waals surface area contributed by atoms with Crippen LogP contribution in [-0.4, -0.2) is 43.7 Å². The standard InChI is InChI=1S/C13H14F2N2O5/c1-3-4-13(15)9(19)8(6(2)18)22-11(13)17-5-7(14)10(20)16-12(17)21/h5-6,8-9,11,18-19H,1-2H3,(H,16,20,21)/t6-,8-,9+,11-,13?/m1/s1. The number of hydrogen-bond donors (Lipinski definition) is 3. The molecule has 120 valence electrons. The zero-order chi connectivity index (χ0) is 16.7. The fraction of sp³-hybridized carbons (Fsp3) is 0.538. The first kappa shape index (κ1) is 16.4. The molecule has 1 aliphatic heterocycles. The van der Waals surface area contributed by atoms with Crippen LogP contribution in [0.25, 0.3) is 0 Å². The number of aliphatic hydroxyl groups excluding tert-OH is 2. The lowest BCUT2D eigenvalue weighted by molar-refractivity contribution is -0.0806. The molecule has 0 saturated carbocycles. The monoisotopic (exact) mass is 316 g/mol. The molecule has 7 nitrogen and oxygen atoms in total. The first-order chi connectivity index (χ1) is 10.2. The molecule has 0 aromatic carbocycles. The lowest BCUT2D eigenvalue weighted by Gasteiger charge is -2.24. The number of aromatic nitrogens is 2. The highest BCUT2D eigenvalue weighted by Crippen LogP contribution is 2.41. The Balaban J connectivity index is 2.61. The molecule has 1 aromatic rings. The quantitative estimate of drug-likeness (QED) is 0.610. The van der Waals surface area contributed by atoms with E-state index in [2.05, 4.69) is 11.8 Å². The summed E-state index contributed by atoms with van der Waals surface area (Å²) in [5, 5.41) is 19.5. The second-order valence-electron chi connectivity index (χ2n) is 4.93. The van der Waals surface area contributed by atoms with E-state index in [4.69, 9.17) is 4.74 Å². The average Bonchev–Trinajstić information content (AvgIpc) is 2.68. The molecule has 0 spiro atoms. The maximum atomic E-state index is 15.0. The molecule has 1 aromatic heterocycles. The van der Waals surface area contributed by atoms with Crippen LogP contribution < -0.4 is 11.2 Å². The minimum absolute atomic E-state index is 0.451. The number of rotatable bonds is 2. The van der Waals surface area contributed by atoms with Crippen LogP contribution in [0.15, 0.2) is 15.8 Å². The van der Waals surface area contributed by atoms with Gasteiger partial charge in [-0.05, 0) is 13.8 Å². The number of aliphatic hydroxyl groups is 2.